The van der Waals surface area contributed by atoms with Gasteiger partial charge in [0.1, 0.15) is 28.4 Å². The first-order chi connectivity index (χ1) is 16.0. The van der Waals surface area contributed by atoms with Gasteiger partial charge in [-0.3, -0.25) is 4.79 Å². The summed E-state index contributed by atoms with van der Waals surface area (Å²) in [5.41, 5.74) is 1.73. The first-order valence-electron chi connectivity index (χ1n) is 10.5. The van der Waals surface area contributed by atoms with E-state index in [1.54, 1.807) is 6.20 Å². The fourth-order valence-electron chi connectivity index (χ4n) is 3.40. The Morgan fingerprint density at radius 3 is 2.67 bits per heavy atom. The van der Waals surface area contributed by atoms with Crippen LogP contribution in [0.4, 0.5) is 22.5 Å². The maximum Gasteiger partial charge on any atom is 0.247 e. The number of anilines is 4. The Bertz CT molecular complexity index is 1180. The van der Waals surface area contributed by atoms with Gasteiger partial charge in [0.05, 0.1) is 6.20 Å². The number of thiazole rings is 1. The third-order valence-electron chi connectivity index (χ3n) is 5.21. The maximum absolute atomic E-state index is 11.5. The molecule has 2 aromatic heterocycles. The van der Waals surface area contributed by atoms with Gasteiger partial charge in [-0.2, -0.15) is 5.26 Å². The number of likely N-dealkylation sites (N-methyl/N-ethyl adjacent to an activating group) is 1. The highest BCUT2D eigenvalue weighted by molar-refractivity contribution is 7.16. The van der Waals surface area contributed by atoms with Crippen LogP contribution in [0, 0.1) is 11.3 Å². The predicted molar refractivity (Wildman–Crippen MR) is 130 cm³/mol. The Kier molecular flexibility index (Phi) is 6.92. The summed E-state index contributed by atoms with van der Waals surface area (Å²) in [4.78, 5) is 30.4. The molecule has 2 N–H and O–H groups in total. The van der Waals surface area contributed by atoms with Gasteiger partial charge >= 0.3 is 0 Å². The second-order valence-electron chi connectivity index (χ2n) is 7.65. The van der Waals surface area contributed by atoms with E-state index in [2.05, 4.69) is 45.1 Å². The number of hydrogen-bond acceptors (Lipinski definition) is 9. The number of nitrogens with zero attached hydrogens (tertiary/aromatic N) is 6. The molecule has 168 valence electrons. The number of aromatic nitrogens is 3. The van der Waals surface area contributed by atoms with Crippen LogP contribution in [0.15, 0.2) is 49.2 Å². The molecule has 0 spiro atoms. The van der Waals surface area contributed by atoms with Gasteiger partial charge < -0.3 is 20.4 Å². The molecule has 4 rings (SSSR count). The van der Waals surface area contributed by atoms with Crippen LogP contribution in [0.3, 0.4) is 0 Å². The zero-order valence-electron chi connectivity index (χ0n) is 18.3. The van der Waals surface area contributed by atoms with Crippen molar-refractivity contribution in [3.8, 4) is 6.07 Å². The van der Waals surface area contributed by atoms with E-state index >= 15 is 0 Å². The molecule has 1 aromatic carbocycles. The smallest absolute Gasteiger partial charge is 0.247 e. The molecule has 10 heteroatoms. The van der Waals surface area contributed by atoms with E-state index in [9.17, 15) is 4.79 Å². The first-order valence-corrected chi connectivity index (χ1v) is 11.3. The maximum atomic E-state index is 11.5. The lowest BCUT2D eigenvalue weighted by molar-refractivity contribution is -0.111. The number of piperazine rings is 1. The molecule has 0 atom stereocenters. The van der Waals surface area contributed by atoms with Crippen molar-refractivity contribution in [1.82, 2.24) is 19.9 Å². The number of amides is 1. The third kappa shape index (κ3) is 5.91. The van der Waals surface area contributed by atoms with Crippen LogP contribution in [-0.4, -0.2) is 59.0 Å². The van der Waals surface area contributed by atoms with E-state index in [4.69, 9.17) is 15.2 Å². The molecule has 0 saturated carbocycles. The Hall–Kier alpha value is -3.81. The molecule has 3 heterocycles. The molecular formula is C23H24N8OS. The van der Waals surface area contributed by atoms with E-state index in [1.807, 2.05) is 30.3 Å². The fourth-order valence-corrected chi connectivity index (χ4v) is 4.02. The van der Waals surface area contributed by atoms with Crippen LogP contribution in [0.2, 0.25) is 0 Å². The quantitative estimate of drug-likeness (QED) is 0.518. The summed E-state index contributed by atoms with van der Waals surface area (Å²) in [6.45, 7) is 7.18. The summed E-state index contributed by atoms with van der Waals surface area (Å²) in [5, 5.41) is 15.7. The van der Waals surface area contributed by atoms with Crippen molar-refractivity contribution < 1.29 is 4.79 Å². The zero-order valence-corrected chi connectivity index (χ0v) is 19.1. The number of nitriles is 1. The average molecular weight is 461 g/mol. The molecule has 0 unspecified atom stereocenters. The van der Waals surface area contributed by atoms with Crippen molar-refractivity contribution in [2.45, 2.75) is 6.42 Å². The van der Waals surface area contributed by atoms with Crippen LogP contribution in [0.1, 0.15) is 16.3 Å². The molecule has 1 amide bonds. The van der Waals surface area contributed by atoms with Crippen LogP contribution in [0.5, 0.6) is 0 Å². The van der Waals surface area contributed by atoms with Gasteiger partial charge in [-0.15, -0.1) is 0 Å². The molecule has 3 aromatic rings. The molecule has 1 aliphatic heterocycles. The largest absolute Gasteiger partial charge is 0.354 e. The van der Waals surface area contributed by atoms with Crippen molar-refractivity contribution in [3.05, 3.63) is 65.4 Å². The molecule has 1 fully saturated rings. The lowest BCUT2D eigenvalue weighted by atomic mass is 10.1. The van der Waals surface area contributed by atoms with Gasteiger partial charge in [-0.05, 0) is 30.8 Å². The van der Waals surface area contributed by atoms with Gasteiger partial charge in [0, 0.05) is 44.4 Å². The standard InChI is InChI=1S/C23H24N8OS/c1-3-22(32)26-17-6-4-16(5-7-17)12-19-27-20(29-23-25-15-18(14-24)33-23)13-21(28-19)31-10-8-30(2)9-11-31/h3-7,13,15H,1,8-12H2,2H3,(H,26,32)(H,25,27,28,29). The fraction of sp³-hybridized carbons (Fsp3) is 0.261. The second kappa shape index (κ2) is 10.2. The third-order valence-corrected chi connectivity index (χ3v) is 6.02. The number of carbonyl (C=O) groups is 1. The van der Waals surface area contributed by atoms with E-state index in [-0.39, 0.29) is 5.91 Å². The van der Waals surface area contributed by atoms with Crippen LogP contribution < -0.4 is 15.5 Å². The van der Waals surface area contributed by atoms with Gasteiger partial charge in [0.25, 0.3) is 0 Å². The highest BCUT2D eigenvalue weighted by Crippen LogP contribution is 2.25. The van der Waals surface area contributed by atoms with Crippen molar-refractivity contribution in [2.24, 2.45) is 0 Å². The van der Waals surface area contributed by atoms with Crippen molar-refractivity contribution in [2.75, 3.05) is 48.8 Å². The minimum atomic E-state index is -0.247. The molecule has 1 saturated heterocycles. The van der Waals surface area contributed by atoms with Crippen LogP contribution in [0.25, 0.3) is 0 Å². The molecule has 0 bridgehead atoms. The lowest BCUT2D eigenvalue weighted by Gasteiger charge is -2.33. The Labute approximate surface area is 196 Å². The average Bonchev–Trinajstić information content (AvgIpc) is 3.28. The van der Waals surface area contributed by atoms with Gasteiger partial charge in [0.2, 0.25) is 5.91 Å². The summed E-state index contributed by atoms with van der Waals surface area (Å²) < 4.78 is 0. The van der Waals surface area contributed by atoms with Crippen LogP contribution >= 0.6 is 11.3 Å². The number of rotatable bonds is 7. The number of carbonyl (C=O) groups excluding carboxylic acids is 1. The van der Waals surface area contributed by atoms with Gasteiger partial charge in [-0.1, -0.05) is 30.0 Å². The van der Waals surface area contributed by atoms with Crippen LogP contribution in [-0.2, 0) is 11.2 Å². The zero-order chi connectivity index (χ0) is 23.2. The summed E-state index contributed by atoms with van der Waals surface area (Å²) in [6.07, 6.45) is 3.32. The molecule has 0 aliphatic carbocycles. The minimum Gasteiger partial charge on any atom is -0.354 e. The predicted octanol–water partition coefficient (Wildman–Crippen LogP) is 3.02. The van der Waals surface area contributed by atoms with E-state index in [0.717, 1.165) is 37.6 Å². The molecule has 0 radical (unpaired) electrons. The van der Waals surface area contributed by atoms with Gasteiger partial charge in [-0.25, -0.2) is 15.0 Å². The summed E-state index contributed by atoms with van der Waals surface area (Å²) in [7, 11) is 2.12. The highest BCUT2D eigenvalue weighted by Gasteiger charge is 2.18. The van der Waals surface area contributed by atoms with Crippen molar-refractivity contribution in [1.29, 1.82) is 5.26 Å². The highest BCUT2D eigenvalue weighted by atomic mass is 32.1. The Balaban J connectivity index is 1.57. The molecule has 33 heavy (non-hydrogen) atoms. The monoisotopic (exact) mass is 460 g/mol. The number of benzene rings is 1. The molecule has 1 aliphatic rings. The van der Waals surface area contributed by atoms with Gasteiger partial charge in [0.15, 0.2) is 5.13 Å². The minimum absolute atomic E-state index is 0.247. The lowest BCUT2D eigenvalue weighted by Crippen LogP contribution is -2.44. The summed E-state index contributed by atoms with van der Waals surface area (Å²) in [6, 6.07) is 11.6. The summed E-state index contributed by atoms with van der Waals surface area (Å²) in [5.74, 6) is 1.93. The van der Waals surface area contributed by atoms with E-state index < -0.39 is 0 Å². The number of hydrogen-bond donors (Lipinski definition) is 2. The van der Waals surface area contributed by atoms with E-state index in [1.165, 1.54) is 17.4 Å². The van der Waals surface area contributed by atoms with E-state index in [0.29, 0.717) is 33.8 Å². The second-order valence-corrected chi connectivity index (χ2v) is 8.68. The Morgan fingerprint density at radius 2 is 2.00 bits per heavy atom. The topological polar surface area (TPSA) is 110 Å². The number of nitrogens with one attached hydrogen (secondary N) is 2. The first kappa shape index (κ1) is 22.4. The SMILES string of the molecule is C=CC(=O)Nc1ccc(Cc2nc(Nc3ncc(C#N)s3)cc(N3CCN(C)CC3)n2)cc1. The summed E-state index contributed by atoms with van der Waals surface area (Å²) >= 11 is 1.28. The Morgan fingerprint density at radius 1 is 1.24 bits per heavy atom. The van der Waals surface area contributed by atoms with Crippen molar-refractivity contribution in [3.63, 3.8) is 0 Å². The molecule has 9 nitrogen and oxygen atoms in total. The molecular weight excluding hydrogens is 436 g/mol. The normalized spacial score (nSPS) is 13.9. The van der Waals surface area contributed by atoms with Crippen molar-refractivity contribution >= 4 is 39.7 Å².